The van der Waals surface area contributed by atoms with Crippen LogP contribution < -0.4 is 5.32 Å². The first-order valence-corrected chi connectivity index (χ1v) is 7.65. The molecule has 2 atom stereocenters. The molecule has 2 heteroatoms. The van der Waals surface area contributed by atoms with E-state index in [9.17, 15) is 0 Å². The van der Waals surface area contributed by atoms with Crippen LogP contribution in [0.3, 0.4) is 0 Å². The Morgan fingerprint density at radius 2 is 1.95 bits per heavy atom. The van der Waals surface area contributed by atoms with E-state index in [2.05, 4.69) is 54.7 Å². The lowest BCUT2D eigenvalue weighted by Gasteiger charge is -2.22. The Bertz CT molecular complexity index is 579. The monoisotopic (exact) mass is 285 g/mol. The molecule has 104 valence electrons. The van der Waals surface area contributed by atoms with Gasteiger partial charge in [-0.05, 0) is 55.1 Å². The van der Waals surface area contributed by atoms with Crippen LogP contribution in [-0.2, 0) is 6.42 Å². The van der Waals surface area contributed by atoms with Crippen molar-refractivity contribution in [2.24, 2.45) is 0 Å². The highest BCUT2D eigenvalue weighted by Gasteiger charge is 2.29. The van der Waals surface area contributed by atoms with E-state index in [0.717, 1.165) is 18.0 Å². The molecule has 1 aliphatic heterocycles. The molecule has 1 nitrogen and oxygen atoms in total. The maximum atomic E-state index is 6.07. The second-order valence-electron chi connectivity index (χ2n) is 5.65. The highest BCUT2D eigenvalue weighted by molar-refractivity contribution is 6.30. The molecule has 0 saturated carbocycles. The van der Waals surface area contributed by atoms with E-state index < -0.39 is 0 Å². The van der Waals surface area contributed by atoms with Crippen molar-refractivity contribution in [2.75, 3.05) is 6.54 Å². The Hall–Kier alpha value is -1.31. The second kappa shape index (κ2) is 5.99. The molecule has 2 aromatic rings. The topological polar surface area (TPSA) is 12.0 Å². The Morgan fingerprint density at radius 1 is 1.15 bits per heavy atom. The Labute approximate surface area is 126 Å². The predicted octanol–water partition coefficient (Wildman–Crippen LogP) is 4.34. The van der Waals surface area contributed by atoms with Crippen LogP contribution in [0.4, 0.5) is 0 Å². The number of hydrogen-bond acceptors (Lipinski definition) is 1. The zero-order chi connectivity index (χ0) is 13.9. The fraction of sp³-hybridized carbons (Fsp3) is 0.333. The number of hydrogen-bond donors (Lipinski definition) is 1. The molecule has 1 N–H and O–H groups in total. The molecule has 20 heavy (non-hydrogen) atoms. The first-order chi connectivity index (χ1) is 9.74. The van der Waals surface area contributed by atoms with Gasteiger partial charge in [-0.3, -0.25) is 0 Å². The normalized spacial score (nSPS) is 22.1. The number of halogens is 1. The Balaban J connectivity index is 1.82. The van der Waals surface area contributed by atoms with Crippen molar-refractivity contribution in [1.29, 1.82) is 0 Å². The number of aryl methyl sites for hydroxylation is 1. The first kappa shape index (κ1) is 13.7. The minimum Gasteiger partial charge on any atom is -0.313 e. The summed E-state index contributed by atoms with van der Waals surface area (Å²) in [4.78, 5) is 0. The van der Waals surface area contributed by atoms with E-state index in [4.69, 9.17) is 11.6 Å². The van der Waals surface area contributed by atoms with Crippen molar-refractivity contribution in [2.45, 2.75) is 31.7 Å². The third kappa shape index (κ3) is 2.89. The molecule has 0 bridgehead atoms. The molecule has 1 aliphatic rings. The van der Waals surface area contributed by atoms with Gasteiger partial charge in [0, 0.05) is 17.0 Å². The molecule has 0 aromatic heterocycles. The molecule has 2 unspecified atom stereocenters. The molecular formula is C18H20ClN. The molecule has 0 spiro atoms. The molecular weight excluding hydrogens is 266 g/mol. The van der Waals surface area contributed by atoms with Crippen molar-refractivity contribution < 1.29 is 0 Å². The maximum absolute atomic E-state index is 6.07. The highest BCUT2D eigenvalue weighted by atomic mass is 35.5. The average molecular weight is 286 g/mol. The van der Waals surface area contributed by atoms with Gasteiger partial charge in [-0.25, -0.2) is 0 Å². The van der Waals surface area contributed by atoms with Crippen LogP contribution in [0.1, 0.15) is 29.0 Å². The summed E-state index contributed by atoms with van der Waals surface area (Å²) in [7, 11) is 0. The summed E-state index contributed by atoms with van der Waals surface area (Å²) in [6, 6.07) is 17.6. The van der Waals surface area contributed by atoms with Crippen LogP contribution in [0.2, 0.25) is 5.02 Å². The van der Waals surface area contributed by atoms with Gasteiger partial charge in [0.1, 0.15) is 0 Å². The zero-order valence-corrected chi connectivity index (χ0v) is 12.5. The first-order valence-electron chi connectivity index (χ1n) is 7.27. The number of nitrogens with one attached hydrogen (secondary N) is 1. The van der Waals surface area contributed by atoms with Gasteiger partial charge in [-0.15, -0.1) is 0 Å². The van der Waals surface area contributed by atoms with Gasteiger partial charge in [0.15, 0.2) is 0 Å². The van der Waals surface area contributed by atoms with Crippen LogP contribution >= 0.6 is 11.6 Å². The molecule has 2 aromatic carbocycles. The van der Waals surface area contributed by atoms with E-state index in [1.165, 1.54) is 23.1 Å². The molecule has 1 saturated heterocycles. The lowest BCUT2D eigenvalue weighted by atomic mass is 9.86. The smallest absolute Gasteiger partial charge is 0.0408 e. The summed E-state index contributed by atoms with van der Waals surface area (Å²) in [5, 5.41) is 4.49. The van der Waals surface area contributed by atoms with Gasteiger partial charge < -0.3 is 5.32 Å². The lowest BCUT2D eigenvalue weighted by Crippen LogP contribution is -2.28. The van der Waals surface area contributed by atoms with Crippen LogP contribution in [0.15, 0.2) is 48.5 Å². The molecule has 1 heterocycles. The fourth-order valence-corrected chi connectivity index (χ4v) is 3.50. The summed E-state index contributed by atoms with van der Waals surface area (Å²) >= 11 is 6.07. The van der Waals surface area contributed by atoms with Crippen LogP contribution in [0, 0.1) is 6.92 Å². The summed E-state index contributed by atoms with van der Waals surface area (Å²) in [5.74, 6) is 0.590. The third-order valence-electron chi connectivity index (χ3n) is 4.28. The van der Waals surface area contributed by atoms with Crippen molar-refractivity contribution in [1.82, 2.24) is 5.32 Å². The molecule has 3 rings (SSSR count). The minimum atomic E-state index is 0.525. The van der Waals surface area contributed by atoms with E-state index in [-0.39, 0.29) is 0 Å². The number of benzene rings is 2. The Kier molecular flexibility index (Phi) is 4.09. The van der Waals surface area contributed by atoms with Crippen LogP contribution in [-0.4, -0.2) is 12.6 Å². The van der Waals surface area contributed by atoms with Crippen molar-refractivity contribution in [3.8, 4) is 0 Å². The minimum absolute atomic E-state index is 0.525. The van der Waals surface area contributed by atoms with Gasteiger partial charge in [0.25, 0.3) is 0 Å². The summed E-state index contributed by atoms with van der Waals surface area (Å²) in [6.45, 7) is 3.27. The van der Waals surface area contributed by atoms with Gasteiger partial charge in [-0.2, -0.15) is 0 Å². The van der Waals surface area contributed by atoms with Crippen molar-refractivity contribution in [3.63, 3.8) is 0 Å². The van der Waals surface area contributed by atoms with Crippen molar-refractivity contribution >= 4 is 11.6 Å². The molecule has 1 fully saturated rings. The summed E-state index contributed by atoms with van der Waals surface area (Å²) in [5.41, 5.74) is 4.16. The average Bonchev–Trinajstić information content (AvgIpc) is 2.88. The largest absolute Gasteiger partial charge is 0.313 e. The number of rotatable bonds is 3. The van der Waals surface area contributed by atoms with E-state index in [0.29, 0.717) is 12.0 Å². The predicted molar refractivity (Wildman–Crippen MR) is 85.5 cm³/mol. The van der Waals surface area contributed by atoms with Gasteiger partial charge in [-0.1, -0.05) is 48.0 Å². The molecule has 0 aliphatic carbocycles. The molecule has 0 radical (unpaired) electrons. The van der Waals surface area contributed by atoms with E-state index >= 15 is 0 Å². The Morgan fingerprint density at radius 3 is 2.70 bits per heavy atom. The maximum Gasteiger partial charge on any atom is 0.0408 e. The van der Waals surface area contributed by atoms with Crippen LogP contribution in [0.5, 0.6) is 0 Å². The van der Waals surface area contributed by atoms with E-state index in [1.807, 2.05) is 6.07 Å². The summed E-state index contributed by atoms with van der Waals surface area (Å²) < 4.78 is 0. The standard InChI is InChI=1S/C18H20ClN/c1-13-11-15(19)7-8-16(13)17-9-10-20-18(17)12-14-5-3-2-4-6-14/h2-8,11,17-18,20H,9-10,12H2,1H3. The van der Waals surface area contributed by atoms with Crippen LogP contribution in [0.25, 0.3) is 0 Å². The van der Waals surface area contributed by atoms with Gasteiger partial charge in [0.2, 0.25) is 0 Å². The van der Waals surface area contributed by atoms with Gasteiger partial charge in [0.05, 0.1) is 0 Å². The van der Waals surface area contributed by atoms with Gasteiger partial charge >= 0.3 is 0 Å². The zero-order valence-electron chi connectivity index (χ0n) is 11.8. The third-order valence-corrected chi connectivity index (χ3v) is 4.51. The molecule has 0 amide bonds. The SMILES string of the molecule is Cc1cc(Cl)ccc1C1CCNC1Cc1ccccc1. The summed E-state index contributed by atoms with van der Waals surface area (Å²) in [6.07, 6.45) is 2.30. The van der Waals surface area contributed by atoms with Crippen molar-refractivity contribution in [3.05, 3.63) is 70.2 Å². The van der Waals surface area contributed by atoms with E-state index in [1.54, 1.807) is 0 Å². The quantitative estimate of drug-likeness (QED) is 0.885. The lowest BCUT2D eigenvalue weighted by molar-refractivity contribution is 0.542. The highest BCUT2D eigenvalue weighted by Crippen LogP contribution is 2.32. The second-order valence-corrected chi connectivity index (χ2v) is 6.08. The fourth-order valence-electron chi connectivity index (χ4n) is 3.28.